The average molecular weight is 296 g/mol. The Morgan fingerprint density at radius 3 is 2.74 bits per heavy atom. The monoisotopic (exact) mass is 295 g/mol. The molecule has 1 aromatic carbocycles. The number of amides is 1. The third kappa shape index (κ3) is 4.19. The number of nitrogens with zero attached hydrogens (tertiary/aromatic N) is 2. The molecule has 0 unspecified atom stereocenters. The van der Waals surface area contributed by atoms with Crippen LogP contribution < -0.4 is 5.32 Å². The second-order valence-corrected chi connectivity index (χ2v) is 4.83. The highest BCUT2D eigenvalue weighted by molar-refractivity contribution is 6.30. The van der Waals surface area contributed by atoms with Crippen molar-refractivity contribution in [2.45, 2.75) is 13.3 Å². The lowest BCUT2D eigenvalue weighted by molar-refractivity contribution is -0.115. The number of benzene rings is 1. The molecular weight excluding hydrogens is 285 g/mol. The minimum atomic E-state index is -0.219. The number of rotatable bonds is 3. The highest BCUT2D eigenvalue weighted by Crippen LogP contribution is 2.13. The van der Waals surface area contributed by atoms with Crippen molar-refractivity contribution in [3.05, 3.63) is 51.8 Å². The highest BCUT2D eigenvalue weighted by atomic mass is 35.5. The maximum absolute atomic E-state index is 11.8. The van der Waals surface area contributed by atoms with E-state index in [4.69, 9.17) is 23.2 Å². The third-order valence-corrected chi connectivity index (χ3v) is 2.76. The molecule has 0 fully saturated rings. The molecule has 6 heteroatoms. The first-order chi connectivity index (χ1) is 9.02. The zero-order valence-corrected chi connectivity index (χ0v) is 11.7. The predicted molar refractivity (Wildman–Crippen MR) is 75.6 cm³/mol. The second-order valence-electron chi connectivity index (χ2n) is 4.01. The van der Waals surface area contributed by atoms with Gasteiger partial charge in [-0.15, -0.1) is 0 Å². The van der Waals surface area contributed by atoms with E-state index in [1.54, 1.807) is 31.2 Å². The van der Waals surface area contributed by atoms with Gasteiger partial charge < -0.3 is 0 Å². The molecule has 0 saturated heterocycles. The topological polar surface area (TPSA) is 54.9 Å². The zero-order chi connectivity index (χ0) is 13.8. The van der Waals surface area contributed by atoms with Crippen LogP contribution in [0.5, 0.6) is 0 Å². The smallest absolute Gasteiger partial charge is 0.231 e. The first kappa shape index (κ1) is 13.8. The Hall–Kier alpha value is -1.65. The standard InChI is InChI=1S/C13H11Cl2N3O/c1-8-5-11(15)17-13(16-8)18-12(19)7-9-3-2-4-10(14)6-9/h2-6H,7H2,1H3,(H,16,17,18,19). The maximum Gasteiger partial charge on any atom is 0.231 e. The van der Waals surface area contributed by atoms with Crippen LogP contribution in [-0.4, -0.2) is 15.9 Å². The fourth-order valence-corrected chi connectivity index (χ4v) is 2.04. The minimum Gasteiger partial charge on any atom is -0.294 e. The quantitative estimate of drug-likeness (QED) is 0.884. The van der Waals surface area contributed by atoms with Crippen molar-refractivity contribution in [1.29, 1.82) is 0 Å². The van der Waals surface area contributed by atoms with E-state index in [0.29, 0.717) is 15.9 Å². The molecule has 0 bridgehead atoms. The van der Waals surface area contributed by atoms with Crippen molar-refractivity contribution in [2.24, 2.45) is 0 Å². The van der Waals surface area contributed by atoms with E-state index >= 15 is 0 Å². The Bertz CT molecular complexity index is 596. The fraction of sp³-hybridized carbons (Fsp3) is 0.154. The van der Waals surface area contributed by atoms with Crippen molar-refractivity contribution < 1.29 is 4.79 Å². The highest BCUT2D eigenvalue weighted by Gasteiger charge is 2.07. The number of halogens is 2. The summed E-state index contributed by atoms with van der Waals surface area (Å²) >= 11 is 11.7. The van der Waals surface area contributed by atoms with Gasteiger partial charge in [0.2, 0.25) is 11.9 Å². The summed E-state index contributed by atoms with van der Waals surface area (Å²) in [6.45, 7) is 1.78. The number of anilines is 1. The van der Waals surface area contributed by atoms with Gasteiger partial charge >= 0.3 is 0 Å². The lowest BCUT2D eigenvalue weighted by atomic mass is 10.1. The molecule has 0 atom stereocenters. The summed E-state index contributed by atoms with van der Waals surface area (Å²) < 4.78 is 0. The van der Waals surface area contributed by atoms with Gasteiger partial charge in [-0.1, -0.05) is 35.3 Å². The molecule has 98 valence electrons. The number of carbonyl (C=O) groups excluding carboxylic acids is 1. The third-order valence-electron chi connectivity index (χ3n) is 2.33. The van der Waals surface area contributed by atoms with E-state index in [2.05, 4.69) is 15.3 Å². The molecule has 1 amide bonds. The molecule has 4 nitrogen and oxygen atoms in total. The lowest BCUT2D eigenvalue weighted by Gasteiger charge is -2.05. The second kappa shape index (κ2) is 5.99. The van der Waals surface area contributed by atoms with E-state index in [9.17, 15) is 4.79 Å². The summed E-state index contributed by atoms with van der Waals surface area (Å²) in [5, 5.41) is 3.50. The molecule has 19 heavy (non-hydrogen) atoms. The Morgan fingerprint density at radius 2 is 2.05 bits per heavy atom. The molecule has 0 spiro atoms. The van der Waals surface area contributed by atoms with E-state index < -0.39 is 0 Å². The number of aryl methyl sites for hydroxylation is 1. The van der Waals surface area contributed by atoms with Crippen LogP contribution in [0.1, 0.15) is 11.3 Å². The number of nitrogens with one attached hydrogen (secondary N) is 1. The molecule has 1 aromatic heterocycles. The predicted octanol–water partition coefficient (Wildman–Crippen LogP) is 3.27. The molecule has 0 aliphatic rings. The van der Waals surface area contributed by atoms with Crippen LogP contribution in [0.4, 0.5) is 5.95 Å². The molecule has 0 saturated carbocycles. The molecule has 0 aliphatic heterocycles. The molecule has 1 N–H and O–H groups in total. The van der Waals surface area contributed by atoms with E-state index in [0.717, 1.165) is 5.56 Å². The zero-order valence-electron chi connectivity index (χ0n) is 10.2. The van der Waals surface area contributed by atoms with Crippen LogP contribution in [-0.2, 0) is 11.2 Å². The molecule has 1 heterocycles. The maximum atomic E-state index is 11.8. The van der Waals surface area contributed by atoms with Crippen molar-refractivity contribution >= 4 is 35.1 Å². The average Bonchev–Trinajstić information content (AvgIpc) is 2.26. The number of hydrogen-bond donors (Lipinski definition) is 1. The van der Waals surface area contributed by atoms with Gasteiger partial charge in [-0.05, 0) is 30.7 Å². The van der Waals surface area contributed by atoms with Gasteiger partial charge in [0.05, 0.1) is 6.42 Å². The Balaban J connectivity index is 2.05. The van der Waals surface area contributed by atoms with Crippen LogP contribution in [0.3, 0.4) is 0 Å². The SMILES string of the molecule is Cc1cc(Cl)nc(NC(=O)Cc2cccc(Cl)c2)n1. The van der Waals surface area contributed by atoms with Crippen molar-refractivity contribution in [3.63, 3.8) is 0 Å². The van der Waals surface area contributed by atoms with E-state index in [1.165, 1.54) is 0 Å². The van der Waals surface area contributed by atoms with Crippen molar-refractivity contribution in [3.8, 4) is 0 Å². The van der Waals surface area contributed by atoms with Gasteiger partial charge in [-0.3, -0.25) is 10.1 Å². The Morgan fingerprint density at radius 1 is 1.26 bits per heavy atom. The Kier molecular flexibility index (Phi) is 4.35. The molecule has 0 aliphatic carbocycles. The van der Waals surface area contributed by atoms with Gasteiger partial charge in [-0.25, -0.2) is 9.97 Å². The van der Waals surface area contributed by atoms with Crippen LogP contribution in [0, 0.1) is 6.92 Å². The molecule has 2 rings (SSSR count). The Labute approximate surface area is 120 Å². The summed E-state index contributed by atoms with van der Waals surface area (Å²) in [7, 11) is 0. The fourth-order valence-electron chi connectivity index (χ4n) is 1.59. The summed E-state index contributed by atoms with van der Waals surface area (Å²) in [5.74, 6) is -0.0130. The van der Waals surface area contributed by atoms with Gasteiger partial charge in [0.1, 0.15) is 5.15 Å². The van der Waals surface area contributed by atoms with Gasteiger partial charge in [0.15, 0.2) is 0 Å². The summed E-state index contributed by atoms with van der Waals surface area (Å²) in [4.78, 5) is 19.8. The first-order valence-electron chi connectivity index (χ1n) is 5.58. The van der Waals surface area contributed by atoms with Crippen LogP contribution in [0.2, 0.25) is 10.2 Å². The summed E-state index contributed by atoms with van der Waals surface area (Å²) in [5.41, 5.74) is 1.52. The minimum absolute atomic E-state index is 0.204. The normalized spacial score (nSPS) is 10.3. The number of carbonyl (C=O) groups is 1. The molecule has 2 aromatic rings. The van der Waals surface area contributed by atoms with E-state index in [1.807, 2.05) is 6.07 Å². The van der Waals surface area contributed by atoms with Crippen LogP contribution in [0.25, 0.3) is 0 Å². The number of aromatic nitrogens is 2. The van der Waals surface area contributed by atoms with Crippen LogP contribution in [0.15, 0.2) is 30.3 Å². The number of hydrogen-bond acceptors (Lipinski definition) is 3. The van der Waals surface area contributed by atoms with Gasteiger partial charge in [-0.2, -0.15) is 0 Å². The molecular formula is C13H11Cl2N3O. The van der Waals surface area contributed by atoms with Gasteiger partial charge in [0, 0.05) is 10.7 Å². The van der Waals surface area contributed by atoms with Gasteiger partial charge in [0.25, 0.3) is 0 Å². The van der Waals surface area contributed by atoms with Crippen LogP contribution >= 0.6 is 23.2 Å². The summed E-state index contributed by atoms with van der Waals surface area (Å²) in [6, 6.07) is 8.74. The van der Waals surface area contributed by atoms with E-state index in [-0.39, 0.29) is 18.3 Å². The summed E-state index contributed by atoms with van der Waals surface area (Å²) in [6.07, 6.45) is 0.204. The lowest BCUT2D eigenvalue weighted by Crippen LogP contribution is -2.16. The largest absolute Gasteiger partial charge is 0.294 e. The molecule has 0 radical (unpaired) electrons. The first-order valence-corrected chi connectivity index (χ1v) is 6.34. The van der Waals surface area contributed by atoms with Crippen molar-refractivity contribution in [1.82, 2.24) is 9.97 Å². The van der Waals surface area contributed by atoms with Crippen molar-refractivity contribution in [2.75, 3.05) is 5.32 Å².